The molecule has 0 aromatic carbocycles. The molecular weight excluding hydrogens is 256 g/mol. The third-order valence-corrected chi connectivity index (χ3v) is 8.04. The van der Waals surface area contributed by atoms with Crippen molar-refractivity contribution in [1.29, 1.82) is 0 Å². The maximum atomic E-state index is 10.00. The van der Waals surface area contributed by atoms with Gasteiger partial charge in [0.25, 0.3) is 0 Å². The highest BCUT2D eigenvalue weighted by molar-refractivity contribution is 5.28. The fraction of sp³-hybridized carbons (Fsp3) is 0.800. The Morgan fingerprint density at radius 3 is 2.52 bits per heavy atom. The number of rotatable bonds is 0. The van der Waals surface area contributed by atoms with Gasteiger partial charge >= 0.3 is 0 Å². The van der Waals surface area contributed by atoms with Crippen LogP contribution in [0.1, 0.15) is 65.2 Å². The second-order valence-electron chi connectivity index (χ2n) is 8.73. The first-order valence-corrected chi connectivity index (χ1v) is 9.02. The molecule has 21 heavy (non-hydrogen) atoms. The lowest BCUT2D eigenvalue weighted by atomic mass is 9.47. The van der Waals surface area contributed by atoms with Crippen LogP contribution in [-0.4, -0.2) is 11.2 Å². The third kappa shape index (κ3) is 1.79. The monoisotopic (exact) mass is 286 g/mol. The first-order valence-electron chi connectivity index (χ1n) is 9.02. The number of hydrogen-bond donors (Lipinski definition) is 1. The number of aliphatic hydroxyl groups is 1. The van der Waals surface area contributed by atoms with E-state index >= 15 is 0 Å². The van der Waals surface area contributed by atoms with Gasteiger partial charge in [-0.2, -0.15) is 0 Å². The Hall–Kier alpha value is -0.560. The van der Waals surface area contributed by atoms with Crippen LogP contribution in [0.3, 0.4) is 0 Å². The van der Waals surface area contributed by atoms with Crippen LogP contribution in [0.15, 0.2) is 23.8 Å². The van der Waals surface area contributed by atoms with Gasteiger partial charge in [-0.1, -0.05) is 37.6 Å². The molecule has 116 valence electrons. The second kappa shape index (κ2) is 4.47. The summed E-state index contributed by atoms with van der Waals surface area (Å²) in [6.07, 6.45) is 12.2. The van der Waals surface area contributed by atoms with Gasteiger partial charge in [-0.25, -0.2) is 0 Å². The lowest BCUT2D eigenvalue weighted by molar-refractivity contribution is -0.0313. The smallest absolute Gasteiger partial charge is 0.0724 e. The minimum absolute atomic E-state index is 0.176. The van der Waals surface area contributed by atoms with E-state index in [1.54, 1.807) is 5.57 Å². The first-order chi connectivity index (χ1) is 9.95. The Morgan fingerprint density at radius 1 is 1.00 bits per heavy atom. The molecule has 0 aliphatic heterocycles. The molecule has 1 N–H and O–H groups in total. The van der Waals surface area contributed by atoms with Crippen molar-refractivity contribution in [3.63, 3.8) is 0 Å². The quantitative estimate of drug-likeness (QED) is 0.630. The van der Waals surface area contributed by atoms with Gasteiger partial charge in [-0.05, 0) is 80.0 Å². The predicted octanol–water partition coefficient (Wildman–Crippen LogP) is 4.87. The molecular formula is C20H30O. The molecule has 0 spiro atoms. The van der Waals surface area contributed by atoms with Gasteiger partial charge in [0.2, 0.25) is 0 Å². The van der Waals surface area contributed by atoms with Crippen molar-refractivity contribution < 1.29 is 5.11 Å². The van der Waals surface area contributed by atoms with E-state index in [0.29, 0.717) is 10.8 Å². The number of fused-ring (bicyclic) bond motifs is 5. The predicted molar refractivity (Wildman–Crippen MR) is 86.8 cm³/mol. The Bertz CT molecular complexity index is 504. The van der Waals surface area contributed by atoms with E-state index in [0.717, 1.165) is 24.2 Å². The lowest BCUT2D eigenvalue weighted by Crippen LogP contribution is -2.49. The van der Waals surface area contributed by atoms with Crippen LogP contribution in [0.2, 0.25) is 0 Å². The molecule has 0 heterocycles. The van der Waals surface area contributed by atoms with Crippen molar-refractivity contribution in [2.45, 2.75) is 71.3 Å². The Kier molecular flexibility index (Phi) is 2.99. The molecule has 4 aliphatic carbocycles. The highest BCUT2D eigenvalue weighted by Crippen LogP contribution is 2.66. The van der Waals surface area contributed by atoms with Crippen molar-refractivity contribution in [3.8, 4) is 0 Å². The zero-order chi connectivity index (χ0) is 14.8. The van der Waals surface area contributed by atoms with Crippen molar-refractivity contribution in [2.24, 2.45) is 28.6 Å². The fourth-order valence-corrected chi connectivity index (χ4v) is 6.62. The molecule has 4 rings (SSSR count). The molecule has 0 bridgehead atoms. The van der Waals surface area contributed by atoms with E-state index in [9.17, 15) is 5.11 Å². The number of hydrogen-bond acceptors (Lipinski definition) is 1. The summed E-state index contributed by atoms with van der Waals surface area (Å²) in [6, 6.07) is 0. The van der Waals surface area contributed by atoms with Gasteiger partial charge < -0.3 is 5.11 Å². The Morgan fingerprint density at radius 2 is 1.71 bits per heavy atom. The molecule has 1 heteroatoms. The molecule has 0 aromatic heterocycles. The summed E-state index contributed by atoms with van der Waals surface area (Å²) in [4.78, 5) is 0. The van der Waals surface area contributed by atoms with Gasteiger partial charge in [-0.15, -0.1) is 0 Å². The van der Waals surface area contributed by atoms with Crippen LogP contribution in [-0.2, 0) is 0 Å². The summed E-state index contributed by atoms with van der Waals surface area (Å²) in [6.45, 7) is 9.42. The molecule has 0 amide bonds. The van der Waals surface area contributed by atoms with Crippen LogP contribution < -0.4 is 0 Å². The summed E-state index contributed by atoms with van der Waals surface area (Å²) in [7, 11) is 0. The number of allylic oxidation sites excluding steroid dienone is 2. The summed E-state index contributed by atoms with van der Waals surface area (Å²) in [5.74, 6) is 2.64. The van der Waals surface area contributed by atoms with E-state index in [2.05, 4.69) is 26.5 Å². The zero-order valence-corrected chi connectivity index (χ0v) is 13.7. The topological polar surface area (TPSA) is 20.2 Å². The van der Waals surface area contributed by atoms with Crippen LogP contribution in [0, 0.1) is 28.6 Å². The van der Waals surface area contributed by atoms with Crippen molar-refractivity contribution >= 4 is 0 Å². The van der Waals surface area contributed by atoms with Gasteiger partial charge in [-0.3, -0.25) is 0 Å². The SMILES string of the molecule is C=C1CC[C@H]2[C@@H]3CCC4=C[C@H](O)CC[C@]4(C)[C@H]3CC[C@]12C. The standard InChI is InChI=1S/C20H30O/c1-13-4-7-17-16-6-5-14-12-15(21)8-10-20(14,3)18(16)9-11-19(13,17)2/h12,15-18,21H,1,4-11H2,2-3H3/t15-,16+,17+,18+,19-,20+/m1/s1. The molecule has 0 aromatic rings. The minimum Gasteiger partial charge on any atom is -0.389 e. The minimum atomic E-state index is -0.176. The largest absolute Gasteiger partial charge is 0.389 e. The third-order valence-electron chi connectivity index (χ3n) is 8.04. The highest BCUT2D eigenvalue weighted by Gasteiger charge is 2.57. The van der Waals surface area contributed by atoms with Crippen molar-refractivity contribution in [2.75, 3.05) is 0 Å². The first kappa shape index (κ1) is 14.1. The van der Waals surface area contributed by atoms with Crippen LogP contribution in [0.25, 0.3) is 0 Å². The molecule has 0 saturated heterocycles. The van der Waals surface area contributed by atoms with Crippen LogP contribution >= 0.6 is 0 Å². The molecule has 0 radical (unpaired) electrons. The summed E-state index contributed by atoms with van der Waals surface area (Å²) in [5, 5.41) is 10.00. The van der Waals surface area contributed by atoms with Gasteiger partial charge in [0.15, 0.2) is 0 Å². The highest BCUT2D eigenvalue weighted by atomic mass is 16.3. The van der Waals surface area contributed by atoms with E-state index < -0.39 is 0 Å². The molecule has 1 nitrogen and oxygen atoms in total. The molecule has 0 unspecified atom stereocenters. The Labute approximate surface area is 129 Å². The average Bonchev–Trinajstić information content (AvgIpc) is 2.76. The maximum Gasteiger partial charge on any atom is 0.0724 e. The summed E-state index contributed by atoms with van der Waals surface area (Å²) in [5.41, 5.74) is 3.94. The zero-order valence-electron chi connectivity index (χ0n) is 13.7. The Balaban J connectivity index is 1.69. The van der Waals surface area contributed by atoms with Crippen molar-refractivity contribution in [1.82, 2.24) is 0 Å². The van der Waals surface area contributed by atoms with E-state index in [-0.39, 0.29) is 6.10 Å². The number of aliphatic hydroxyl groups excluding tert-OH is 1. The molecule has 6 atom stereocenters. The normalized spacial score (nSPS) is 52.7. The van der Waals surface area contributed by atoms with Gasteiger partial charge in [0, 0.05) is 0 Å². The molecule has 3 saturated carbocycles. The van der Waals surface area contributed by atoms with Gasteiger partial charge in [0.1, 0.15) is 0 Å². The maximum absolute atomic E-state index is 10.00. The molecule has 3 fully saturated rings. The fourth-order valence-electron chi connectivity index (χ4n) is 6.62. The van der Waals surface area contributed by atoms with Crippen LogP contribution in [0.5, 0.6) is 0 Å². The molecule has 4 aliphatic rings. The van der Waals surface area contributed by atoms with E-state index in [1.165, 1.54) is 50.5 Å². The second-order valence-corrected chi connectivity index (χ2v) is 8.73. The van der Waals surface area contributed by atoms with Crippen molar-refractivity contribution in [3.05, 3.63) is 23.8 Å². The summed E-state index contributed by atoms with van der Waals surface area (Å²) < 4.78 is 0. The van der Waals surface area contributed by atoms with Crippen LogP contribution in [0.4, 0.5) is 0 Å². The average molecular weight is 286 g/mol. The summed E-state index contributed by atoms with van der Waals surface area (Å²) >= 11 is 0. The lowest BCUT2D eigenvalue weighted by Gasteiger charge is -2.58. The van der Waals surface area contributed by atoms with Gasteiger partial charge in [0.05, 0.1) is 6.10 Å². The van der Waals surface area contributed by atoms with E-state index in [1.807, 2.05) is 0 Å². The van der Waals surface area contributed by atoms with E-state index in [4.69, 9.17) is 0 Å².